The minimum Gasteiger partial charge on any atom is -0.354 e. The molecule has 0 bridgehead atoms. The van der Waals surface area contributed by atoms with Crippen molar-refractivity contribution in [3.05, 3.63) is 58.1 Å². The summed E-state index contributed by atoms with van der Waals surface area (Å²) in [5, 5.41) is 12.2. The second-order valence-corrected chi connectivity index (χ2v) is 8.71. The zero-order valence-electron chi connectivity index (χ0n) is 16.5. The topological polar surface area (TPSA) is 59.4 Å². The van der Waals surface area contributed by atoms with Gasteiger partial charge in [0.15, 0.2) is 0 Å². The molecule has 2 heterocycles. The number of carbonyl (C=O) groups excluding carboxylic acids is 1. The molecule has 0 atom stereocenters. The van der Waals surface area contributed by atoms with E-state index in [9.17, 15) is 4.79 Å². The first-order chi connectivity index (χ1) is 14.0. The highest BCUT2D eigenvalue weighted by Gasteiger charge is 2.22. The zero-order chi connectivity index (χ0) is 20.4. The molecular formula is C22H25ClN4OS. The quantitative estimate of drug-likeness (QED) is 0.432. The first kappa shape index (κ1) is 20.3. The second-order valence-electron chi connectivity index (χ2n) is 7.45. The number of nitrogens with zero attached hydrogens (tertiary/aromatic N) is 2. The lowest BCUT2D eigenvalue weighted by Gasteiger charge is -2.36. The molecular weight excluding hydrogens is 404 g/mol. The van der Waals surface area contributed by atoms with Gasteiger partial charge in [0, 0.05) is 53.9 Å². The molecule has 0 saturated carbocycles. The van der Waals surface area contributed by atoms with Crippen molar-refractivity contribution in [3.63, 3.8) is 0 Å². The van der Waals surface area contributed by atoms with E-state index in [0.29, 0.717) is 12.3 Å². The molecule has 5 nitrogen and oxygen atoms in total. The normalized spacial score (nSPS) is 16.6. The number of amides is 1. The van der Waals surface area contributed by atoms with Gasteiger partial charge in [0.1, 0.15) is 5.84 Å². The highest BCUT2D eigenvalue weighted by atomic mass is 35.5. The molecule has 152 valence electrons. The average molecular weight is 429 g/mol. The average Bonchev–Trinajstić information content (AvgIpc) is 3.10. The number of benzene rings is 2. The van der Waals surface area contributed by atoms with Gasteiger partial charge in [0.25, 0.3) is 0 Å². The Kier molecular flexibility index (Phi) is 6.13. The van der Waals surface area contributed by atoms with E-state index in [1.807, 2.05) is 24.3 Å². The third kappa shape index (κ3) is 4.44. The van der Waals surface area contributed by atoms with Gasteiger partial charge in [-0.05, 0) is 35.9 Å². The predicted octanol–water partition coefficient (Wildman–Crippen LogP) is 3.74. The molecule has 1 fully saturated rings. The van der Waals surface area contributed by atoms with E-state index in [1.165, 1.54) is 0 Å². The number of piperazine rings is 1. The lowest BCUT2D eigenvalue weighted by atomic mass is 10.1. The number of anilines is 1. The van der Waals surface area contributed by atoms with Gasteiger partial charge in [-0.1, -0.05) is 35.9 Å². The van der Waals surface area contributed by atoms with Crippen LogP contribution in [0.3, 0.4) is 0 Å². The number of carbonyl (C=O) groups is 1. The number of halogens is 1. The van der Waals surface area contributed by atoms with Crippen molar-refractivity contribution in [1.29, 1.82) is 5.41 Å². The Bertz CT molecular complexity index is 940. The van der Waals surface area contributed by atoms with Crippen LogP contribution in [0.15, 0.2) is 41.3 Å². The summed E-state index contributed by atoms with van der Waals surface area (Å²) < 4.78 is 0. The predicted molar refractivity (Wildman–Crippen MR) is 121 cm³/mol. The summed E-state index contributed by atoms with van der Waals surface area (Å²) >= 11 is 8.11. The third-order valence-corrected chi connectivity index (χ3v) is 6.79. The summed E-state index contributed by atoms with van der Waals surface area (Å²) in [6, 6.07) is 12.1. The van der Waals surface area contributed by atoms with Crippen LogP contribution in [0.4, 0.5) is 5.69 Å². The lowest BCUT2D eigenvalue weighted by Crippen LogP contribution is -2.49. The summed E-state index contributed by atoms with van der Waals surface area (Å²) in [5.74, 6) is 0.656. The monoisotopic (exact) mass is 428 g/mol. The van der Waals surface area contributed by atoms with E-state index >= 15 is 0 Å². The largest absolute Gasteiger partial charge is 0.354 e. The third-order valence-electron chi connectivity index (χ3n) is 5.65. The summed E-state index contributed by atoms with van der Waals surface area (Å²) in [5.41, 5.74) is 4.01. The molecule has 2 aromatic carbocycles. The van der Waals surface area contributed by atoms with Gasteiger partial charge in [-0.25, -0.2) is 0 Å². The maximum absolute atomic E-state index is 11.6. The molecule has 2 aliphatic rings. The van der Waals surface area contributed by atoms with Crippen molar-refractivity contribution in [2.24, 2.45) is 0 Å². The lowest BCUT2D eigenvalue weighted by molar-refractivity contribution is -0.115. The Morgan fingerprint density at radius 1 is 1.21 bits per heavy atom. The van der Waals surface area contributed by atoms with Crippen molar-refractivity contribution in [3.8, 4) is 0 Å². The van der Waals surface area contributed by atoms with E-state index in [2.05, 4.69) is 33.5 Å². The van der Waals surface area contributed by atoms with Crippen LogP contribution >= 0.6 is 23.4 Å². The highest BCUT2D eigenvalue weighted by molar-refractivity contribution is 7.98. The molecule has 4 rings (SSSR count). The van der Waals surface area contributed by atoms with Crippen LogP contribution in [0, 0.1) is 5.41 Å². The fourth-order valence-electron chi connectivity index (χ4n) is 3.97. The van der Waals surface area contributed by atoms with Crippen LogP contribution in [-0.4, -0.2) is 60.5 Å². The van der Waals surface area contributed by atoms with Crippen molar-refractivity contribution in [2.45, 2.75) is 17.7 Å². The van der Waals surface area contributed by atoms with Crippen LogP contribution < -0.4 is 5.32 Å². The molecule has 2 N–H and O–H groups in total. The van der Waals surface area contributed by atoms with Crippen molar-refractivity contribution >= 4 is 40.8 Å². The smallest absolute Gasteiger partial charge is 0.228 e. The van der Waals surface area contributed by atoms with E-state index in [4.69, 9.17) is 17.0 Å². The number of amidine groups is 1. The summed E-state index contributed by atoms with van der Waals surface area (Å²) in [7, 11) is 0. The molecule has 0 spiro atoms. The fraction of sp³-hybridized carbons (Fsp3) is 0.364. The van der Waals surface area contributed by atoms with Crippen LogP contribution in [0.1, 0.15) is 16.7 Å². The van der Waals surface area contributed by atoms with Gasteiger partial charge in [-0.15, -0.1) is 11.8 Å². The van der Waals surface area contributed by atoms with E-state index in [-0.39, 0.29) is 5.91 Å². The maximum atomic E-state index is 11.6. The molecule has 0 aliphatic carbocycles. The molecule has 2 aliphatic heterocycles. The Hall–Kier alpha value is -2.02. The molecule has 0 radical (unpaired) electrons. The standard InChI is InChI=1S/C22H25ClN4OS/c1-29-20-5-3-2-4-17(20)22(24)27-10-8-26(9-11-27)7-6-15-12-16-13-21(28)25-19(16)14-18(15)23/h2-5,12,14,24H,6-11,13H2,1H3,(H,25,28). The Balaban J connectivity index is 1.32. The Labute approximate surface area is 180 Å². The van der Waals surface area contributed by atoms with Gasteiger partial charge in [-0.3, -0.25) is 15.1 Å². The summed E-state index contributed by atoms with van der Waals surface area (Å²) in [6.07, 6.45) is 3.37. The van der Waals surface area contributed by atoms with E-state index in [0.717, 1.165) is 71.4 Å². The minimum atomic E-state index is 0.0369. The van der Waals surface area contributed by atoms with Gasteiger partial charge in [0.05, 0.1) is 6.42 Å². The molecule has 2 aromatic rings. The number of nitrogens with one attached hydrogen (secondary N) is 2. The molecule has 1 amide bonds. The fourth-order valence-corrected chi connectivity index (χ4v) is 4.83. The van der Waals surface area contributed by atoms with Crippen molar-refractivity contribution < 1.29 is 4.79 Å². The number of rotatable bonds is 5. The number of hydrogen-bond donors (Lipinski definition) is 2. The number of thioether (sulfide) groups is 1. The maximum Gasteiger partial charge on any atom is 0.228 e. The van der Waals surface area contributed by atoms with E-state index < -0.39 is 0 Å². The highest BCUT2D eigenvalue weighted by Crippen LogP contribution is 2.30. The number of fused-ring (bicyclic) bond motifs is 1. The molecule has 0 aromatic heterocycles. The summed E-state index contributed by atoms with van der Waals surface area (Å²) in [4.78, 5) is 17.3. The SMILES string of the molecule is CSc1ccccc1C(=N)N1CCN(CCc2cc3c(cc2Cl)NC(=O)C3)CC1. The van der Waals surface area contributed by atoms with Gasteiger partial charge in [-0.2, -0.15) is 0 Å². The Morgan fingerprint density at radius 3 is 2.72 bits per heavy atom. The van der Waals surface area contributed by atoms with Crippen molar-refractivity contribution in [1.82, 2.24) is 9.80 Å². The van der Waals surface area contributed by atoms with Gasteiger partial charge >= 0.3 is 0 Å². The van der Waals surface area contributed by atoms with Crippen LogP contribution in [0.25, 0.3) is 0 Å². The number of hydrogen-bond acceptors (Lipinski definition) is 4. The van der Waals surface area contributed by atoms with E-state index in [1.54, 1.807) is 11.8 Å². The minimum absolute atomic E-state index is 0.0369. The first-order valence-corrected chi connectivity index (χ1v) is 11.5. The van der Waals surface area contributed by atoms with Crippen molar-refractivity contribution in [2.75, 3.05) is 44.3 Å². The molecule has 7 heteroatoms. The molecule has 1 saturated heterocycles. The Morgan fingerprint density at radius 2 is 1.97 bits per heavy atom. The van der Waals surface area contributed by atoms with Crippen LogP contribution in [-0.2, 0) is 17.6 Å². The second kappa shape index (κ2) is 8.78. The molecule has 29 heavy (non-hydrogen) atoms. The van der Waals surface area contributed by atoms with Crippen LogP contribution in [0.2, 0.25) is 5.02 Å². The van der Waals surface area contributed by atoms with Gasteiger partial charge < -0.3 is 10.2 Å². The first-order valence-electron chi connectivity index (χ1n) is 9.85. The van der Waals surface area contributed by atoms with Gasteiger partial charge in [0.2, 0.25) is 5.91 Å². The summed E-state index contributed by atoms with van der Waals surface area (Å²) in [6.45, 7) is 4.52. The zero-order valence-corrected chi connectivity index (χ0v) is 18.1. The van der Waals surface area contributed by atoms with Crippen LogP contribution in [0.5, 0.6) is 0 Å². The molecule has 0 unspecified atom stereocenters.